The number of phenols is 1. The molecule has 0 aliphatic rings. The maximum absolute atomic E-state index is 9.40. The maximum atomic E-state index is 9.40. The number of hydrogen-bond donors (Lipinski definition) is 1. The monoisotopic (exact) mass is 253 g/mol. The molecule has 0 aliphatic carbocycles. The Kier molecular flexibility index (Phi) is 6.09. The first-order chi connectivity index (χ1) is 8.15. The summed E-state index contributed by atoms with van der Waals surface area (Å²) in [6.45, 7) is 6.80. The van der Waals surface area contributed by atoms with E-state index < -0.39 is 0 Å². The summed E-state index contributed by atoms with van der Waals surface area (Å²) < 4.78 is 0. The van der Waals surface area contributed by atoms with Crippen LogP contribution in [0.5, 0.6) is 5.75 Å². The number of benzene rings is 1. The number of aromatic hydroxyl groups is 1. The van der Waals surface area contributed by atoms with Crippen molar-refractivity contribution >= 4 is 11.6 Å². The Morgan fingerprint density at radius 1 is 1.41 bits per heavy atom. The van der Waals surface area contributed by atoms with E-state index in [4.69, 9.17) is 11.6 Å². The Morgan fingerprint density at radius 2 is 2.18 bits per heavy atom. The zero-order valence-corrected chi connectivity index (χ0v) is 11.2. The number of allylic oxidation sites excluding steroid dienone is 1. The lowest BCUT2D eigenvalue weighted by Crippen LogP contribution is -2.22. The minimum atomic E-state index is 0.320. The lowest BCUT2D eigenvalue weighted by Gasteiger charge is -2.18. The summed E-state index contributed by atoms with van der Waals surface area (Å²) in [5, 5.41) is 10.3. The Balaban J connectivity index is 2.58. The molecule has 0 unspecified atom stereocenters. The molecule has 0 aromatic heterocycles. The van der Waals surface area contributed by atoms with Crippen molar-refractivity contribution in [1.29, 1.82) is 0 Å². The van der Waals surface area contributed by atoms with Gasteiger partial charge in [0.05, 0.1) is 0 Å². The second-order valence-corrected chi connectivity index (χ2v) is 4.49. The highest BCUT2D eigenvalue weighted by Crippen LogP contribution is 2.13. The summed E-state index contributed by atoms with van der Waals surface area (Å²) in [5.41, 5.74) is 1.12. The molecule has 0 radical (unpaired) electrons. The first kappa shape index (κ1) is 14.1. The van der Waals surface area contributed by atoms with Crippen LogP contribution >= 0.6 is 11.6 Å². The van der Waals surface area contributed by atoms with Gasteiger partial charge in [-0.2, -0.15) is 0 Å². The van der Waals surface area contributed by atoms with Crippen LogP contribution in [0.1, 0.15) is 25.8 Å². The van der Waals surface area contributed by atoms with E-state index in [0.717, 1.165) is 36.7 Å². The van der Waals surface area contributed by atoms with E-state index in [-0.39, 0.29) is 0 Å². The number of nitrogens with zero attached hydrogens (tertiary/aromatic N) is 1. The Morgan fingerprint density at radius 3 is 2.76 bits per heavy atom. The molecule has 0 bridgehead atoms. The molecule has 1 aromatic carbocycles. The maximum Gasteiger partial charge on any atom is 0.115 e. The van der Waals surface area contributed by atoms with Gasteiger partial charge in [0.2, 0.25) is 0 Å². The smallest absolute Gasteiger partial charge is 0.115 e. The summed E-state index contributed by atoms with van der Waals surface area (Å²) >= 11 is 5.99. The van der Waals surface area contributed by atoms with Crippen molar-refractivity contribution in [3.63, 3.8) is 0 Å². The molecule has 0 fully saturated rings. The topological polar surface area (TPSA) is 23.5 Å². The number of phenolic OH excluding ortho intramolecular Hbond substituents is 1. The summed E-state index contributed by atoms with van der Waals surface area (Å²) in [6.07, 6.45) is 2.93. The molecular weight excluding hydrogens is 234 g/mol. The van der Waals surface area contributed by atoms with Crippen LogP contribution in [0.4, 0.5) is 0 Å². The van der Waals surface area contributed by atoms with Crippen LogP contribution in [0, 0.1) is 0 Å². The third kappa shape index (κ3) is 5.24. The van der Waals surface area contributed by atoms with Crippen LogP contribution in [-0.2, 0) is 6.54 Å². The molecule has 2 nitrogen and oxygen atoms in total. The molecule has 1 aromatic rings. The fraction of sp³-hybridized carbons (Fsp3) is 0.429. The minimum absolute atomic E-state index is 0.320. The lowest BCUT2D eigenvalue weighted by atomic mass is 10.2. The molecule has 0 amide bonds. The van der Waals surface area contributed by atoms with Gasteiger partial charge in [0.15, 0.2) is 0 Å². The molecule has 1 N–H and O–H groups in total. The zero-order chi connectivity index (χ0) is 12.7. The van der Waals surface area contributed by atoms with Crippen molar-refractivity contribution < 1.29 is 5.11 Å². The Bertz CT molecular complexity index is 376. The van der Waals surface area contributed by atoms with Crippen LogP contribution in [0.2, 0.25) is 0 Å². The molecule has 1 rings (SSSR count). The highest BCUT2D eigenvalue weighted by molar-refractivity contribution is 6.29. The van der Waals surface area contributed by atoms with Gasteiger partial charge in [-0.3, -0.25) is 4.90 Å². The van der Waals surface area contributed by atoms with E-state index in [1.165, 1.54) is 0 Å². The van der Waals surface area contributed by atoms with Gasteiger partial charge in [-0.15, -0.1) is 0 Å². The molecule has 0 saturated carbocycles. The van der Waals surface area contributed by atoms with Crippen molar-refractivity contribution in [2.45, 2.75) is 26.8 Å². The average Bonchev–Trinajstić information content (AvgIpc) is 2.34. The quantitative estimate of drug-likeness (QED) is 0.835. The summed E-state index contributed by atoms with van der Waals surface area (Å²) in [5.74, 6) is 0.320. The van der Waals surface area contributed by atoms with E-state index in [0.29, 0.717) is 5.75 Å². The van der Waals surface area contributed by atoms with E-state index in [1.54, 1.807) is 12.1 Å². The molecule has 0 heterocycles. The summed E-state index contributed by atoms with van der Waals surface area (Å²) in [6, 6.07) is 7.38. The number of likely N-dealkylation sites (N-methyl/N-ethyl adjacent to an activating group) is 1. The highest BCUT2D eigenvalue weighted by Gasteiger charge is 2.03. The van der Waals surface area contributed by atoms with Crippen molar-refractivity contribution in [3.8, 4) is 5.75 Å². The highest BCUT2D eigenvalue weighted by atomic mass is 35.5. The van der Waals surface area contributed by atoms with Gasteiger partial charge >= 0.3 is 0 Å². The Hall–Kier alpha value is -0.990. The predicted molar refractivity (Wildman–Crippen MR) is 73.3 cm³/mol. The first-order valence-corrected chi connectivity index (χ1v) is 6.38. The van der Waals surface area contributed by atoms with E-state index in [2.05, 4.69) is 11.8 Å². The van der Waals surface area contributed by atoms with E-state index >= 15 is 0 Å². The standard InChI is InChI=1S/C14H20ClNO/c1-3-13(15)8-9-16(4-2)11-12-6-5-7-14(17)10-12/h5-8,10,17H,3-4,9,11H2,1-2H3/b13-8+. The zero-order valence-electron chi connectivity index (χ0n) is 10.5. The summed E-state index contributed by atoms with van der Waals surface area (Å²) in [7, 11) is 0. The molecule has 0 aliphatic heterocycles. The minimum Gasteiger partial charge on any atom is -0.508 e. The number of halogens is 1. The van der Waals surface area contributed by atoms with Crippen LogP contribution in [0.3, 0.4) is 0 Å². The van der Waals surface area contributed by atoms with E-state index in [9.17, 15) is 5.11 Å². The van der Waals surface area contributed by atoms with Crippen molar-refractivity contribution in [1.82, 2.24) is 4.90 Å². The molecule has 0 atom stereocenters. The molecule has 3 heteroatoms. The van der Waals surface area contributed by atoms with Gasteiger partial charge in [-0.05, 0) is 30.7 Å². The SMILES string of the molecule is CC/C(Cl)=C\CN(CC)Cc1cccc(O)c1. The molecule has 94 valence electrons. The normalized spacial score (nSPS) is 12.1. The third-order valence-corrected chi connectivity index (χ3v) is 3.09. The molecule has 17 heavy (non-hydrogen) atoms. The van der Waals surface area contributed by atoms with Gasteiger partial charge in [0.1, 0.15) is 5.75 Å². The molecular formula is C14H20ClNO. The van der Waals surface area contributed by atoms with E-state index in [1.807, 2.05) is 25.1 Å². The van der Waals surface area contributed by atoms with Crippen LogP contribution in [-0.4, -0.2) is 23.1 Å². The number of rotatable bonds is 6. The van der Waals surface area contributed by atoms with Gasteiger partial charge in [-0.25, -0.2) is 0 Å². The van der Waals surface area contributed by atoms with Crippen molar-refractivity contribution in [2.24, 2.45) is 0 Å². The second kappa shape index (κ2) is 7.36. The Labute approximate surface area is 109 Å². The van der Waals surface area contributed by atoms with Gasteiger partial charge in [0, 0.05) is 18.1 Å². The van der Waals surface area contributed by atoms with Gasteiger partial charge in [-0.1, -0.05) is 43.7 Å². The van der Waals surface area contributed by atoms with Crippen LogP contribution in [0.25, 0.3) is 0 Å². The second-order valence-electron chi connectivity index (χ2n) is 4.00. The fourth-order valence-electron chi connectivity index (χ4n) is 1.59. The average molecular weight is 254 g/mol. The molecule has 0 spiro atoms. The summed E-state index contributed by atoms with van der Waals surface area (Å²) in [4.78, 5) is 2.27. The van der Waals surface area contributed by atoms with Crippen molar-refractivity contribution in [3.05, 3.63) is 40.9 Å². The lowest BCUT2D eigenvalue weighted by molar-refractivity contribution is 0.310. The fourth-order valence-corrected chi connectivity index (χ4v) is 1.66. The van der Waals surface area contributed by atoms with Crippen LogP contribution < -0.4 is 0 Å². The number of hydrogen-bond acceptors (Lipinski definition) is 2. The largest absolute Gasteiger partial charge is 0.508 e. The predicted octanol–water partition coefficient (Wildman–Crippen LogP) is 3.75. The molecule has 0 saturated heterocycles. The van der Waals surface area contributed by atoms with Gasteiger partial charge < -0.3 is 5.11 Å². The van der Waals surface area contributed by atoms with Gasteiger partial charge in [0.25, 0.3) is 0 Å². The third-order valence-electron chi connectivity index (χ3n) is 2.67. The first-order valence-electron chi connectivity index (χ1n) is 6.00. The van der Waals surface area contributed by atoms with Crippen LogP contribution in [0.15, 0.2) is 35.4 Å². The van der Waals surface area contributed by atoms with Crippen molar-refractivity contribution in [2.75, 3.05) is 13.1 Å².